The SMILES string of the molecule is CCOCc1nc(Cl)cc(OCCOC(C)(C)C)n1. The van der Waals surface area contributed by atoms with E-state index in [-0.39, 0.29) is 5.60 Å². The number of hydrogen-bond acceptors (Lipinski definition) is 5. The fraction of sp³-hybridized carbons (Fsp3) is 0.692. The maximum Gasteiger partial charge on any atom is 0.218 e. The molecule has 1 aromatic rings. The number of aromatic nitrogens is 2. The summed E-state index contributed by atoms with van der Waals surface area (Å²) in [6, 6.07) is 1.58. The van der Waals surface area contributed by atoms with E-state index < -0.39 is 0 Å². The maximum atomic E-state index is 5.90. The van der Waals surface area contributed by atoms with Crippen LogP contribution in [0.1, 0.15) is 33.5 Å². The average Bonchev–Trinajstić information content (AvgIpc) is 2.30. The molecule has 108 valence electrons. The van der Waals surface area contributed by atoms with Crippen molar-refractivity contribution in [3.8, 4) is 5.88 Å². The molecule has 6 heteroatoms. The Morgan fingerprint density at radius 3 is 2.58 bits per heavy atom. The zero-order chi connectivity index (χ0) is 14.3. The third-order valence-electron chi connectivity index (χ3n) is 2.02. The molecular weight excluding hydrogens is 268 g/mol. The second-order valence-corrected chi connectivity index (χ2v) is 5.28. The first-order valence-electron chi connectivity index (χ1n) is 6.28. The molecule has 1 heterocycles. The highest BCUT2D eigenvalue weighted by molar-refractivity contribution is 6.29. The van der Waals surface area contributed by atoms with Gasteiger partial charge in [-0.1, -0.05) is 11.6 Å². The zero-order valence-electron chi connectivity index (χ0n) is 11.9. The van der Waals surface area contributed by atoms with Crippen LogP contribution in [0, 0.1) is 0 Å². The van der Waals surface area contributed by atoms with Crippen LogP contribution >= 0.6 is 11.6 Å². The molecule has 0 fully saturated rings. The Morgan fingerprint density at radius 2 is 1.95 bits per heavy atom. The van der Waals surface area contributed by atoms with Gasteiger partial charge in [-0.2, -0.15) is 4.98 Å². The minimum atomic E-state index is -0.174. The van der Waals surface area contributed by atoms with Crippen LogP contribution in [-0.4, -0.2) is 35.4 Å². The van der Waals surface area contributed by atoms with Gasteiger partial charge in [-0.15, -0.1) is 0 Å². The predicted molar refractivity (Wildman–Crippen MR) is 73.6 cm³/mol. The van der Waals surface area contributed by atoms with Gasteiger partial charge in [0.15, 0.2) is 5.82 Å². The first kappa shape index (κ1) is 16.1. The van der Waals surface area contributed by atoms with Gasteiger partial charge in [0.2, 0.25) is 5.88 Å². The van der Waals surface area contributed by atoms with Crippen LogP contribution in [-0.2, 0) is 16.1 Å². The van der Waals surface area contributed by atoms with E-state index in [2.05, 4.69) is 9.97 Å². The normalized spacial score (nSPS) is 11.6. The molecule has 1 rings (SSSR count). The Hall–Kier alpha value is -0.910. The number of halogens is 1. The van der Waals surface area contributed by atoms with E-state index in [4.69, 9.17) is 25.8 Å². The van der Waals surface area contributed by atoms with Crippen molar-refractivity contribution in [2.45, 2.75) is 39.9 Å². The number of nitrogens with zero attached hydrogens (tertiary/aromatic N) is 2. The van der Waals surface area contributed by atoms with Crippen LogP contribution < -0.4 is 4.74 Å². The van der Waals surface area contributed by atoms with Crippen molar-refractivity contribution in [2.75, 3.05) is 19.8 Å². The highest BCUT2D eigenvalue weighted by Gasteiger charge is 2.10. The Labute approximate surface area is 119 Å². The van der Waals surface area contributed by atoms with Crippen LogP contribution in [0.3, 0.4) is 0 Å². The molecule has 0 aromatic carbocycles. The standard InChI is InChI=1S/C13H21ClN2O3/c1-5-17-9-11-15-10(14)8-12(16-11)18-6-7-19-13(2,3)4/h8H,5-7,9H2,1-4H3. The summed E-state index contributed by atoms with van der Waals surface area (Å²) in [6.45, 7) is 9.73. The van der Waals surface area contributed by atoms with Crippen LogP contribution in [0.2, 0.25) is 5.15 Å². The summed E-state index contributed by atoms with van der Waals surface area (Å²) in [4.78, 5) is 8.26. The number of rotatable bonds is 7. The molecule has 5 nitrogen and oxygen atoms in total. The first-order chi connectivity index (χ1) is 8.90. The Balaban J connectivity index is 2.46. The van der Waals surface area contributed by atoms with Gasteiger partial charge >= 0.3 is 0 Å². The molecule has 0 saturated heterocycles. The van der Waals surface area contributed by atoms with Crippen molar-refractivity contribution < 1.29 is 14.2 Å². The van der Waals surface area contributed by atoms with Gasteiger partial charge in [0.05, 0.1) is 12.2 Å². The molecule has 0 spiro atoms. The second-order valence-electron chi connectivity index (χ2n) is 4.89. The van der Waals surface area contributed by atoms with Gasteiger partial charge < -0.3 is 14.2 Å². The summed E-state index contributed by atoms with van der Waals surface area (Å²) in [6.07, 6.45) is 0. The molecular formula is C13H21ClN2O3. The van der Waals surface area contributed by atoms with Gasteiger partial charge in [0, 0.05) is 12.7 Å². The molecule has 1 aromatic heterocycles. The van der Waals surface area contributed by atoms with Gasteiger partial charge in [-0.3, -0.25) is 0 Å². The Bertz CT molecular complexity index is 394. The lowest BCUT2D eigenvalue weighted by atomic mass is 10.2. The highest BCUT2D eigenvalue weighted by atomic mass is 35.5. The van der Waals surface area contributed by atoms with Crippen LogP contribution in [0.5, 0.6) is 5.88 Å². The van der Waals surface area contributed by atoms with E-state index in [1.165, 1.54) is 0 Å². The fourth-order valence-electron chi connectivity index (χ4n) is 1.27. The van der Waals surface area contributed by atoms with Crippen molar-refractivity contribution in [2.24, 2.45) is 0 Å². The third-order valence-corrected chi connectivity index (χ3v) is 2.21. The minimum Gasteiger partial charge on any atom is -0.475 e. The van der Waals surface area contributed by atoms with Gasteiger partial charge in [0.25, 0.3) is 0 Å². The van der Waals surface area contributed by atoms with Crippen LogP contribution in [0.25, 0.3) is 0 Å². The molecule has 0 aliphatic rings. The van der Waals surface area contributed by atoms with E-state index >= 15 is 0 Å². The van der Waals surface area contributed by atoms with E-state index in [0.717, 1.165) is 0 Å². The summed E-state index contributed by atoms with van der Waals surface area (Å²) in [5, 5.41) is 0.344. The fourth-order valence-corrected chi connectivity index (χ4v) is 1.46. The minimum absolute atomic E-state index is 0.174. The van der Waals surface area contributed by atoms with Crippen molar-refractivity contribution in [1.82, 2.24) is 9.97 Å². The predicted octanol–water partition coefficient (Wildman–Crippen LogP) is 2.86. The lowest BCUT2D eigenvalue weighted by Gasteiger charge is -2.19. The zero-order valence-corrected chi connectivity index (χ0v) is 12.7. The average molecular weight is 289 g/mol. The smallest absolute Gasteiger partial charge is 0.218 e. The third kappa shape index (κ3) is 7.30. The first-order valence-corrected chi connectivity index (χ1v) is 6.66. The summed E-state index contributed by atoms with van der Waals surface area (Å²) < 4.78 is 16.3. The topological polar surface area (TPSA) is 53.5 Å². The van der Waals surface area contributed by atoms with Crippen LogP contribution in [0.15, 0.2) is 6.07 Å². The molecule has 0 N–H and O–H groups in total. The highest BCUT2D eigenvalue weighted by Crippen LogP contribution is 2.14. The summed E-state index contributed by atoms with van der Waals surface area (Å²) in [5.41, 5.74) is -0.174. The molecule has 19 heavy (non-hydrogen) atoms. The van der Waals surface area contributed by atoms with Crippen molar-refractivity contribution in [1.29, 1.82) is 0 Å². The maximum absolute atomic E-state index is 5.90. The molecule has 0 aliphatic carbocycles. The monoisotopic (exact) mass is 288 g/mol. The van der Waals surface area contributed by atoms with Gasteiger partial charge in [0.1, 0.15) is 18.4 Å². The van der Waals surface area contributed by atoms with E-state index in [9.17, 15) is 0 Å². The number of ether oxygens (including phenoxy) is 3. The molecule has 0 aliphatic heterocycles. The van der Waals surface area contributed by atoms with Crippen molar-refractivity contribution >= 4 is 11.6 Å². The lowest BCUT2D eigenvalue weighted by Crippen LogP contribution is -2.22. The van der Waals surface area contributed by atoms with E-state index in [0.29, 0.717) is 43.3 Å². The second kappa shape index (κ2) is 7.62. The van der Waals surface area contributed by atoms with E-state index in [1.54, 1.807) is 6.07 Å². The summed E-state index contributed by atoms with van der Waals surface area (Å²) in [5.74, 6) is 0.952. The Morgan fingerprint density at radius 1 is 1.21 bits per heavy atom. The molecule has 0 amide bonds. The summed E-state index contributed by atoms with van der Waals surface area (Å²) in [7, 11) is 0. The largest absolute Gasteiger partial charge is 0.475 e. The molecule has 0 unspecified atom stereocenters. The lowest BCUT2D eigenvalue weighted by molar-refractivity contribution is -0.0168. The molecule has 0 atom stereocenters. The van der Waals surface area contributed by atoms with Crippen LogP contribution in [0.4, 0.5) is 0 Å². The van der Waals surface area contributed by atoms with Gasteiger partial charge in [-0.25, -0.2) is 4.98 Å². The number of hydrogen-bond donors (Lipinski definition) is 0. The molecule has 0 bridgehead atoms. The van der Waals surface area contributed by atoms with E-state index in [1.807, 2.05) is 27.7 Å². The molecule has 0 radical (unpaired) electrons. The van der Waals surface area contributed by atoms with Crippen molar-refractivity contribution in [3.05, 3.63) is 17.0 Å². The molecule has 0 saturated carbocycles. The van der Waals surface area contributed by atoms with Crippen molar-refractivity contribution in [3.63, 3.8) is 0 Å². The quantitative estimate of drug-likeness (QED) is 0.570. The Kier molecular flexibility index (Phi) is 6.48. The summed E-state index contributed by atoms with van der Waals surface area (Å²) >= 11 is 5.90. The van der Waals surface area contributed by atoms with Gasteiger partial charge in [-0.05, 0) is 27.7 Å².